The van der Waals surface area contributed by atoms with Gasteiger partial charge in [-0.25, -0.2) is 8.42 Å². The van der Waals surface area contributed by atoms with Crippen molar-refractivity contribution in [1.29, 1.82) is 0 Å². The van der Waals surface area contributed by atoms with E-state index in [2.05, 4.69) is 71.0 Å². The van der Waals surface area contributed by atoms with Gasteiger partial charge < -0.3 is 4.55 Å². The normalized spacial score (nSPS) is 11.2. The SMILES string of the molecule is CCCCCCc1cc(-c2ccccc2)[n+](C)n1C.COS(=O)(=O)[O-].O=S(=O)(O)O. The first-order valence-corrected chi connectivity index (χ1v) is 11.8. The van der Waals surface area contributed by atoms with Crippen LogP contribution in [-0.2, 0) is 45.5 Å². The highest BCUT2D eigenvalue weighted by Gasteiger charge is 2.17. The third kappa shape index (κ3) is 13.4. The standard InChI is InChI=1S/C17H25N2.CH4O4S.H2O4S/c1-4-5-6-10-13-16-14-17(19(3)18(16)2)15-11-8-7-9-12-15;1-5-6(2,3)4;1-5(2,3)4/h7-9,11-12,14H,4-6,10,13H2,1-3H3;1H3,(H,2,3,4);(H2,1,2,3,4)/q+1;;/p-1. The third-order valence-corrected chi connectivity index (χ3v) is 4.49. The maximum atomic E-state index is 9.22. The molecule has 10 nitrogen and oxygen atoms in total. The fourth-order valence-corrected chi connectivity index (χ4v) is 2.54. The van der Waals surface area contributed by atoms with Gasteiger partial charge in [0.05, 0.1) is 19.9 Å². The molecule has 1 aromatic heterocycles. The number of unbranched alkanes of at least 4 members (excludes halogenated alkanes) is 3. The maximum absolute atomic E-state index is 9.22. The van der Waals surface area contributed by atoms with Crippen molar-refractivity contribution in [3.8, 4) is 11.3 Å². The van der Waals surface area contributed by atoms with Crippen molar-refractivity contribution in [2.45, 2.75) is 39.0 Å². The monoisotopic (exact) mass is 466 g/mol. The molecule has 2 rings (SSSR count). The minimum Gasteiger partial charge on any atom is -0.726 e. The summed E-state index contributed by atoms with van der Waals surface area (Å²) in [6, 6.07) is 13.0. The minimum atomic E-state index is -4.67. The van der Waals surface area contributed by atoms with Gasteiger partial charge in [-0.1, -0.05) is 44.4 Å². The van der Waals surface area contributed by atoms with E-state index in [0.29, 0.717) is 0 Å². The summed E-state index contributed by atoms with van der Waals surface area (Å²) in [6.07, 6.45) is 6.46. The number of hydrogen-bond acceptors (Lipinski definition) is 6. The molecule has 0 atom stereocenters. The Morgan fingerprint density at radius 1 is 1.07 bits per heavy atom. The highest BCUT2D eigenvalue weighted by Crippen LogP contribution is 2.18. The first-order valence-electron chi connectivity index (χ1n) is 9.11. The Morgan fingerprint density at radius 2 is 1.57 bits per heavy atom. The molecule has 172 valence electrons. The van der Waals surface area contributed by atoms with Crippen LogP contribution < -0.4 is 4.68 Å². The largest absolute Gasteiger partial charge is 0.726 e. The van der Waals surface area contributed by atoms with E-state index in [1.165, 1.54) is 49.1 Å². The van der Waals surface area contributed by atoms with Crippen molar-refractivity contribution in [3.05, 3.63) is 42.1 Å². The summed E-state index contributed by atoms with van der Waals surface area (Å²) >= 11 is 0. The average Bonchev–Trinajstić information content (AvgIpc) is 2.93. The van der Waals surface area contributed by atoms with E-state index in [9.17, 15) is 13.0 Å². The zero-order valence-electron chi connectivity index (χ0n) is 17.6. The summed E-state index contributed by atoms with van der Waals surface area (Å²) in [6.45, 7) is 2.26. The lowest BCUT2D eigenvalue weighted by Crippen LogP contribution is -2.39. The first kappa shape index (κ1) is 28.2. The maximum Gasteiger partial charge on any atom is 0.394 e. The van der Waals surface area contributed by atoms with Gasteiger partial charge in [-0.2, -0.15) is 13.1 Å². The summed E-state index contributed by atoms with van der Waals surface area (Å²) in [7, 11) is -3.98. The van der Waals surface area contributed by atoms with E-state index in [0.717, 1.165) is 7.11 Å². The topological polar surface area (TPSA) is 150 Å². The fourth-order valence-electron chi connectivity index (χ4n) is 2.54. The second-order valence-corrected chi connectivity index (χ2v) is 8.31. The minimum absolute atomic E-state index is 0.808. The van der Waals surface area contributed by atoms with Crippen LogP contribution in [0, 0.1) is 0 Å². The lowest BCUT2D eigenvalue weighted by molar-refractivity contribution is -0.741. The number of benzene rings is 1. The van der Waals surface area contributed by atoms with Crippen molar-refractivity contribution in [1.82, 2.24) is 4.68 Å². The first-order chi connectivity index (χ1) is 13.8. The molecule has 0 unspecified atom stereocenters. The molecule has 0 spiro atoms. The second kappa shape index (κ2) is 13.5. The molecule has 0 aliphatic carbocycles. The van der Waals surface area contributed by atoms with Crippen molar-refractivity contribution in [3.63, 3.8) is 0 Å². The van der Waals surface area contributed by atoms with E-state index in [1.54, 1.807) is 0 Å². The molecule has 0 saturated heterocycles. The number of rotatable bonds is 7. The highest BCUT2D eigenvalue weighted by molar-refractivity contribution is 7.80. The molecule has 1 aromatic carbocycles. The molecule has 0 bridgehead atoms. The molecule has 0 fully saturated rings. The molecule has 0 aliphatic rings. The molecule has 2 N–H and O–H groups in total. The van der Waals surface area contributed by atoms with Crippen LogP contribution in [0.2, 0.25) is 0 Å². The molecule has 12 heteroatoms. The number of aromatic nitrogens is 2. The molecule has 0 saturated carbocycles. The molecule has 30 heavy (non-hydrogen) atoms. The Bertz CT molecular complexity index is 948. The van der Waals surface area contributed by atoms with Crippen LogP contribution in [0.15, 0.2) is 36.4 Å². The number of aryl methyl sites for hydroxylation is 1. The van der Waals surface area contributed by atoms with Crippen LogP contribution in [0.1, 0.15) is 38.3 Å². The zero-order valence-corrected chi connectivity index (χ0v) is 19.2. The van der Waals surface area contributed by atoms with E-state index in [1.807, 2.05) is 0 Å². The summed E-state index contributed by atoms with van der Waals surface area (Å²) in [4.78, 5) is 0. The van der Waals surface area contributed by atoms with Crippen molar-refractivity contribution in [2.24, 2.45) is 14.1 Å². The Labute approximate surface area is 178 Å². The van der Waals surface area contributed by atoms with Gasteiger partial charge in [-0.05, 0) is 25.0 Å². The van der Waals surface area contributed by atoms with Crippen molar-refractivity contribution in [2.75, 3.05) is 7.11 Å². The predicted octanol–water partition coefficient (Wildman–Crippen LogP) is 2.08. The van der Waals surface area contributed by atoms with Gasteiger partial charge in [0.1, 0.15) is 0 Å². The van der Waals surface area contributed by atoms with Crippen LogP contribution >= 0.6 is 0 Å². The fraction of sp³-hybridized carbons (Fsp3) is 0.500. The van der Waals surface area contributed by atoms with E-state index >= 15 is 0 Å². The Morgan fingerprint density at radius 3 is 2.00 bits per heavy atom. The third-order valence-electron chi connectivity index (χ3n) is 4.08. The average molecular weight is 467 g/mol. The highest BCUT2D eigenvalue weighted by atomic mass is 32.3. The van der Waals surface area contributed by atoms with Crippen LogP contribution in [0.4, 0.5) is 0 Å². The van der Waals surface area contributed by atoms with Gasteiger partial charge in [0.25, 0.3) is 0 Å². The predicted molar refractivity (Wildman–Crippen MR) is 111 cm³/mol. The van der Waals surface area contributed by atoms with Gasteiger partial charge >= 0.3 is 10.4 Å². The van der Waals surface area contributed by atoms with Gasteiger partial charge in [0.2, 0.25) is 16.1 Å². The van der Waals surface area contributed by atoms with Gasteiger partial charge in [-0.3, -0.25) is 13.3 Å². The van der Waals surface area contributed by atoms with Crippen molar-refractivity contribution < 1.29 is 39.4 Å². The molecular weight excluding hydrogens is 436 g/mol. The second-order valence-electron chi connectivity index (χ2n) is 6.27. The van der Waals surface area contributed by atoms with Gasteiger partial charge in [-0.15, -0.1) is 4.68 Å². The Hall–Kier alpha value is -1.83. The summed E-state index contributed by atoms with van der Waals surface area (Å²) in [5.74, 6) is 0. The van der Waals surface area contributed by atoms with E-state index in [-0.39, 0.29) is 0 Å². The summed E-state index contributed by atoms with van der Waals surface area (Å²) < 4.78 is 67.1. The van der Waals surface area contributed by atoms with Crippen LogP contribution in [0.3, 0.4) is 0 Å². The molecule has 1 heterocycles. The van der Waals surface area contributed by atoms with E-state index in [4.69, 9.17) is 17.5 Å². The van der Waals surface area contributed by atoms with Crippen LogP contribution in [0.25, 0.3) is 11.3 Å². The Kier molecular flexibility index (Phi) is 12.6. The quantitative estimate of drug-likeness (QED) is 0.272. The summed E-state index contributed by atoms with van der Waals surface area (Å²) in [5, 5.41) is 0. The van der Waals surface area contributed by atoms with Gasteiger partial charge in [0.15, 0.2) is 7.05 Å². The van der Waals surface area contributed by atoms with Crippen LogP contribution in [0.5, 0.6) is 0 Å². The lowest BCUT2D eigenvalue weighted by Gasteiger charge is -1.99. The van der Waals surface area contributed by atoms with E-state index < -0.39 is 20.8 Å². The molecular formula is C18H30N2O8S2. The van der Waals surface area contributed by atoms with Crippen molar-refractivity contribution >= 4 is 20.8 Å². The smallest absolute Gasteiger partial charge is 0.394 e. The Balaban J connectivity index is 0.000000634. The summed E-state index contributed by atoms with van der Waals surface area (Å²) in [5.41, 5.74) is 4.02. The van der Waals surface area contributed by atoms with Crippen LogP contribution in [-0.4, -0.2) is 42.3 Å². The molecule has 2 aromatic rings. The number of nitrogens with zero attached hydrogens (tertiary/aromatic N) is 2. The lowest BCUT2D eigenvalue weighted by atomic mass is 10.1. The molecule has 0 aliphatic heterocycles. The molecule has 0 radical (unpaired) electrons. The zero-order chi connectivity index (χ0) is 23.4. The number of hydrogen-bond donors (Lipinski definition) is 2. The molecule has 0 amide bonds. The van der Waals surface area contributed by atoms with Gasteiger partial charge in [0, 0.05) is 11.6 Å².